The van der Waals surface area contributed by atoms with Gasteiger partial charge in [-0.2, -0.15) is 0 Å². The maximum Gasteiger partial charge on any atom is 0.139 e. The highest BCUT2D eigenvalue weighted by Crippen LogP contribution is 2.16. The van der Waals surface area contributed by atoms with Crippen molar-refractivity contribution in [3.05, 3.63) is 60.9 Å². The minimum absolute atomic E-state index is 0.135. The Balaban J connectivity index is 0.000000207. The van der Waals surface area contributed by atoms with Crippen LogP contribution in [0.1, 0.15) is 44.9 Å². The SMILES string of the molecule is CCCc1nccn1CCCCCCO.OCCn1ccnc1-c1ccccc1. The van der Waals surface area contributed by atoms with Gasteiger partial charge in [0.25, 0.3) is 0 Å². The third kappa shape index (κ3) is 7.83. The number of aromatic nitrogens is 4. The van der Waals surface area contributed by atoms with Gasteiger partial charge in [0, 0.05) is 56.5 Å². The van der Waals surface area contributed by atoms with Crippen LogP contribution in [0.3, 0.4) is 0 Å². The first kappa shape index (κ1) is 22.8. The lowest BCUT2D eigenvalue weighted by atomic mass is 10.2. The summed E-state index contributed by atoms with van der Waals surface area (Å²) < 4.78 is 4.19. The van der Waals surface area contributed by atoms with Gasteiger partial charge < -0.3 is 19.3 Å². The molecule has 6 nitrogen and oxygen atoms in total. The number of imidazole rings is 2. The highest BCUT2D eigenvalue weighted by Gasteiger charge is 2.03. The van der Waals surface area contributed by atoms with Gasteiger partial charge in [0.05, 0.1) is 6.61 Å². The first-order valence-corrected chi connectivity index (χ1v) is 10.6. The Kier molecular flexibility index (Phi) is 10.8. The molecule has 0 amide bonds. The van der Waals surface area contributed by atoms with Crippen molar-refractivity contribution in [2.75, 3.05) is 13.2 Å². The molecule has 29 heavy (non-hydrogen) atoms. The second-order valence-corrected chi connectivity index (χ2v) is 6.96. The quantitative estimate of drug-likeness (QED) is 0.480. The topological polar surface area (TPSA) is 76.1 Å². The highest BCUT2D eigenvalue weighted by atomic mass is 16.3. The predicted octanol–water partition coefficient (Wildman–Crippen LogP) is 3.93. The summed E-state index contributed by atoms with van der Waals surface area (Å²) in [5.74, 6) is 2.11. The van der Waals surface area contributed by atoms with Crippen molar-refractivity contribution in [2.24, 2.45) is 0 Å². The van der Waals surface area contributed by atoms with Gasteiger partial charge >= 0.3 is 0 Å². The van der Waals surface area contributed by atoms with Crippen molar-refractivity contribution in [1.29, 1.82) is 0 Å². The average Bonchev–Trinajstić information content (AvgIpc) is 3.39. The smallest absolute Gasteiger partial charge is 0.139 e. The van der Waals surface area contributed by atoms with Crippen LogP contribution in [0, 0.1) is 0 Å². The third-order valence-corrected chi connectivity index (χ3v) is 4.67. The number of hydrogen-bond acceptors (Lipinski definition) is 4. The molecule has 0 aliphatic carbocycles. The molecule has 158 valence electrons. The van der Waals surface area contributed by atoms with Crippen molar-refractivity contribution in [1.82, 2.24) is 19.1 Å². The van der Waals surface area contributed by atoms with Gasteiger partial charge in [0.15, 0.2) is 0 Å². The van der Waals surface area contributed by atoms with Gasteiger partial charge in [-0.05, 0) is 19.3 Å². The second-order valence-electron chi connectivity index (χ2n) is 6.96. The van der Waals surface area contributed by atoms with Gasteiger partial charge in [-0.25, -0.2) is 9.97 Å². The maximum absolute atomic E-state index is 8.86. The van der Waals surface area contributed by atoms with E-state index in [9.17, 15) is 0 Å². The number of unbranched alkanes of at least 4 members (excludes halogenated alkanes) is 3. The predicted molar refractivity (Wildman–Crippen MR) is 117 cm³/mol. The molecule has 1 aromatic carbocycles. The minimum atomic E-state index is 0.135. The Morgan fingerprint density at radius 1 is 0.793 bits per heavy atom. The van der Waals surface area contributed by atoms with Gasteiger partial charge in [-0.3, -0.25) is 0 Å². The monoisotopic (exact) mass is 398 g/mol. The molecule has 0 aliphatic heterocycles. The van der Waals surface area contributed by atoms with E-state index in [0.717, 1.165) is 43.6 Å². The molecule has 0 bridgehead atoms. The first-order chi connectivity index (χ1) is 14.3. The van der Waals surface area contributed by atoms with Crippen LogP contribution in [0.4, 0.5) is 0 Å². The van der Waals surface area contributed by atoms with E-state index in [1.807, 2.05) is 47.3 Å². The van der Waals surface area contributed by atoms with Crippen LogP contribution >= 0.6 is 0 Å². The van der Waals surface area contributed by atoms with Crippen LogP contribution in [0.25, 0.3) is 11.4 Å². The molecule has 0 saturated heterocycles. The Morgan fingerprint density at radius 3 is 2.24 bits per heavy atom. The van der Waals surface area contributed by atoms with E-state index in [1.54, 1.807) is 6.20 Å². The lowest BCUT2D eigenvalue weighted by Crippen LogP contribution is -2.03. The van der Waals surface area contributed by atoms with Crippen LogP contribution in [-0.2, 0) is 19.5 Å². The summed E-state index contributed by atoms with van der Waals surface area (Å²) in [4.78, 5) is 8.60. The summed E-state index contributed by atoms with van der Waals surface area (Å²) in [5.41, 5.74) is 1.07. The van der Waals surface area contributed by atoms with E-state index in [4.69, 9.17) is 10.2 Å². The fourth-order valence-electron chi connectivity index (χ4n) is 3.19. The third-order valence-electron chi connectivity index (χ3n) is 4.67. The minimum Gasteiger partial charge on any atom is -0.396 e. The van der Waals surface area contributed by atoms with Gasteiger partial charge in [-0.15, -0.1) is 0 Å². The fourth-order valence-corrected chi connectivity index (χ4v) is 3.19. The standard InChI is InChI=1S/C12H22N2O.C11H12N2O/c1-2-7-12-13-8-10-14(12)9-5-3-4-6-11-15;14-9-8-13-7-6-12-11(13)10-4-2-1-3-5-10/h8,10,15H,2-7,9,11H2,1H3;1-7,14H,8-9H2. The summed E-state index contributed by atoms with van der Waals surface area (Å²) in [5, 5.41) is 17.5. The van der Waals surface area contributed by atoms with Crippen LogP contribution in [0.15, 0.2) is 55.1 Å². The van der Waals surface area contributed by atoms with E-state index >= 15 is 0 Å². The largest absolute Gasteiger partial charge is 0.396 e. The molecule has 6 heteroatoms. The zero-order chi connectivity index (χ0) is 20.7. The molecule has 0 fully saturated rings. The molecule has 0 saturated carbocycles. The van der Waals surface area contributed by atoms with Gasteiger partial charge in [0.2, 0.25) is 0 Å². The molecule has 3 aromatic rings. The van der Waals surface area contributed by atoms with Crippen molar-refractivity contribution in [3.8, 4) is 11.4 Å². The number of aliphatic hydroxyl groups excluding tert-OH is 2. The van der Waals surface area contributed by atoms with Crippen LogP contribution in [-0.4, -0.2) is 42.5 Å². The number of hydrogen-bond donors (Lipinski definition) is 2. The number of aryl methyl sites for hydroxylation is 2. The molecule has 0 unspecified atom stereocenters. The van der Waals surface area contributed by atoms with Crippen molar-refractivity contribution in [2.45, 2.75) is 58.5 Å². The fraction of sp³-hybridized carbons (Fsp3) is 0.478. The van der Waals surface area contributed by atoms with Crippen LogP contribution in [0.2, 0.25) is 0 Å². The maximum atomic E-state index is 8.86. The summed E-state index contributed by atoms with van der Waals surface area (Å²) in [6.07, 6.45) is 14.3. The van der Waals surface area contributed by atoms with Gasteiger partial charge in [-0.1, -0.05) is 50.1 Å². The second kappa shape index (κ2) is 13.7. The molecule has 0 radical (unpaired) electrons. The first-order valence-electron chi connectivity index (χ1n) is 10.6. The number of benzene rings is 1. The van der Waals surface area contributed by atoms with E-state index < -0.39 is 0 Å². The summed E-state index contributed by atoms with van der Waals surface area (Å²) in [6.45, 7) is 4.30. The van der Waals surface area contributed by atoms with E-state index in [-0.39, 0.29) is 6.61 Å². The molecule has 2 N–H and O–H groups in total. The molecule has 0 aliphatic rings. The Labute approximate surface area is 173 Å². The molecule has 0 spiro atoms. The Hall–Kier alpha value is -2.44. The number of nitrogens with zero attached hydrogens (tertiary/aromatic N) is 4. The summed E-state index contributed by atoms with van der Waals surface area (Å²) >= 11 is 0. The van der Waals surface area contributed by atoms with E-state index in [0.29, 0.717) is 13.2 Å². The normalized spacial score (nSPS) is 10.6. The van der Waals surface area contributed by atoms with Crippen LogP contribution < -0.4 is 0 Å². The molecular weight excluding hydrogens is 364 g/mol. The van der Waals surface area contributed by atoms with Gasteiger partial charge in [0.1, 0.15) is 11.6 Å². The van der Waals surface area contributed by atoms with Crippen molar-refractivity contribution in [3.63, 3.8) is 0 Å². The molecule has 0 atom stereocenters. The highest BCUT2D eigenvalue weighted by molar-refractivity contribution is 5.54. The van der Waals surface area contributed by atoms with Crippen LogP contribution in [0.5, 0.6) is 0 Å². The molecular formula is C23H34N4O2. The average molecular weight is 399 g/mol. The Morgan fingerprint density at radius 2 is 1.52 bits per heavy atom. The number of rotatable bonds is 11. The van der Waals surface area contributed by atoms with Crippen molar-refractivity contribution < 1.29 is 10.2 Å². The number of aliphatic hydroxyl groups is 2. The lowest BCUT2D eigenvalue weighted by Gasteiger charge is -2.06. The molecule has 2 aromatic heterocycles. The summed E-state index contributed by atoms with van der Waals surface area (Å²) in [6, 6.07) is 9.95. The van der Waals surface area contributed by atoms with E-state index in [1.165, 1.54) is 18.7 Å². The Bertz CT molecular complexity index is 783. The summed E-state index contributed by atoms with van der Waals surface area (Å²) in [7, 11) is 0. The molecule has 2 heterocycles. The zero-order valence-electron chi connectivity index (χ0n) is 17.5. The van der Waals surface area contributed by atoms with E-state index in [2.05, 4.69) is 27.7 Å². The molecule has 3 rings (SSSR count). The van der Waals surface area contributed by atoms with Crippen molar-refractivity contribution >= 4 is 0 Å². The lowest BCUT2D eigenvalue weighted by molar-refractivity contribution is 0.276. The zero-order valence-corrected chi connectivity index (χ0v) is 17.5.